The number of halogens is 2. The van der Waals surface area contributed by atoms with E-state index in [-0.39, 0.29) is 0 Å². The van der Waals surface area contributed by atoms with E-state index < -0.39 is 0 Å². The van der Waals surface area contributed by atoms with Crippen LogP contribution in [0.15, 0.2) is 18.3 Å². The second kappa shape index (κ2) is 5.80. The van der Waals surface area contributed by atoms with E-state index >= 15 is 0 Å². The molecule has 19 heavy (non-hydrogen) atoms. The van der Waals surface area contributed by atoms with Crippen LogP contribution in [0.4, 0.5) is 5.82 Å². The molecule has 6 heteroatoms. The first kappa shape index (κ1) is 14.2. The maximum atomic E-state index is 6.19. The third-order valence-corrected chi connectivity index (χ3v) is 3.24. The second-order valence-corrected chi connectivity index (χ2v) is 5.31. The van der Waals surface area contributed by atoms with Crippen LogP contribution >= 0.6 is 23.2 Å². The molecule has 2 rings (SSSR count). The molecule has 0 spiro atoms. The summed E-state index contributed by atoms with van der Waals surface area (Å²) in [7, 11) is 0. The van der Waals surface area contributed by atoms with Crippen LogP contribution in [0.3, 0.4) is 0 Å². The van der Waals surface area contributed by atoms with Gasteiger partial charge in [0.2, 0.25) is 0 Å². The Morgan fingerprint density at radius 3 is 2.63 bits per heavy atom. The topological polar surface area (TPSA) is 42.7 Å². The minimum absolute atomic E-state index is 0.362. The van der Waals surface area contributed by atoms with Crippen molar-refractivity contribution in [3.8, 4) is 5.82 Å². The Kier molecular flexibility index (Phi) is 4.32. The van der Waals surface area contributed by atoms with E-state index in [1.165, 1.54) is 0 Å². The zero-order valence-electron chi connectivity index (χ0n) is 11.1. The first-order valence-corrected chi connectivity index (χ1v) is 6.94. The first-order valence-electron chi connectivity index (χ1n) is 6.18. The molecule has 2 aromatic heterocycles. The van der Waals surface area contributed by atoms with E-state index in [0.717, 1.165) is 12.2 Å². The van der Waals surface area contributed by atoms with Gasteiger partial charge in [0.15, 0.2) is 5.82 Å². The van der Waals surface area contributed by atoms with Gasteiger partial charge in [0.1, 0.15) is 5.82 Å². The van der Waals surface area contributed by atoms with Crippen LogP contribution in [0.25, 0.3) is 5.82 Å². The van der Waals surface area contributed by atoms with E-state index in [9.17, 15) is 0 Å². The van der Waals surface area contributed by atoms with Crippen LogP contribution in [-0.2, 0) is 0 Å². The Hall–Kier alpha value is -1.26. The SMILES string of the molecule is CCNc1nc(-n2ccc(C(C)C)n2)c(Cl)cc1Cl. The number of nitrogens with zero attached hydrogens (tertiary/aromatic N) is 3. The highest BCUT2D eigenvalue weighted by Gasteiger charge is 2.12. The van der Waals surface area contributed by atoms with Gasteiger partial charge >= 0.3 is 0 Å². The van der Waals surface area contributed by atoms with Crippen molar-refractivity contribution in [3.05, 3.63) is 34.1 Å². The van der Waals surface area contributed by atoms with Crippen molar-refractivity contribution in [3.63, 3.8) is 0 Å². The van der Waals surface area contributed by atoms with E-state index in [0.29, 0.717) is 27.6 Å². The molecule has 1 N–H and O–H groups in total. The molecule has 102 valence electrons. The summed E-state index contributed by atoms with van der Waals surface area (Å²) in [5.41, 5.74) is 0.998. The summed E-state index contributed by atoms with van der Waals surface area (Å²) in [4.78, 5) is 4.43. The number of pyridine rings is 1. The van der Waals surface area contributed by atoms with Gasteiger partial charge in [-0.05, 0) is 25.0 Å². The van der Waals surface area contributed by atoms with Crippen LogP contribution in [0, 0.1) is 0 Å². The molecule has 0 aliphatic heterocycles. The summed E-state index contributed by atoms with van der Waals surface area (Å²) in [6.07, 6.45) is 1.85. The number of aromatic nitrogens is 3. The van der Waals surface area contributed by atoms with Crippen LogP contribution in [0.5, 0.6) is 0 Å². The number of hydrogen-bond acceptors (Lipinski definition) is 3. The number of rotatable bonds is 4. The van der Waals surface area contributed by atoms with Crippen molar-refractivity contribution in [2.24, 2.45) is 0 Å². The molecule has 0 aliphatic rings. The number of nitrogens with one attached hydrogen (secondary N) is 1. The molecular weight excluding hydrogens is 283 g/mol. The highest BCUT2D eigenvalue weighted by molar-refractivity contribution is 6.36. The quantitative estimate of drug-likeness (QED) is 0.923. The lowest BCUT2D eigenvalue weighted by atomic mass is 10.1. The Balaban J connectivity index is 2.45. The van der Waals surface area contributed by atoms with E-state index in [1.54, 1.807) is 10.7 Å². The smallest absolute Gasteiger partial charge is 0.174 e. The van der Waals surface area contributed by atoms with Gasteiger partial charge in [-0.1, -0.05) is 37.0 Å². The predicted molar refractivity (Wildman–Crippen MR) is 79.6 cm³/mol. The van der Waals surface area contributed by atoms with Crippen LogP contribution in [0.1, 0.15) is 32.4 Å². The van der Waals surface area contributed by atoms with Crippen LogP contribution < -0.4 is 5.32 Å². The van der Waals surface area contributed by atoms with Crippen molar-refractivity contribution in [2.45, 2.75) is 26.7 Å². The summed E-state index contributed by atoms with van der Waals surface area (Å²) in [5.74, 6) is 1.56. The zero-order chi connectivity index (χ0) is 14.0. The fourth-order valence-corrected chi connectivity index (χ4v) is 2.18. The largest absolute Gasteiger partial charge is 0.369 e. The van der Waals surface area contributed by atoms with Gasteiger partial charge in [-0.3, -0.25) is 0 Å². The lowest BCUT2D eigenvalue weighted by Crippen LogP contribution is -2.06. The Morgan fingerprint density at radius 1 is 1.32 bits per heavy atom. The summed E-state index contributed by atoms with van der Waals surface area (Å²) in [6, 6.07) is 3.64. The highest BCUT2D eigenvalue weighted by Crippen LogP contribution is 2.28. The minimum atomic E-state index is 0.362. The third-order valence-electron chi connectivity index (χ3n) is 2.67. The van der Waals surface area contributed by atoms with Crippen LogP contribution in [-0.4, -0.2) is 21.3 Å². The Labute approximate surface area is 122 Å². The molecule has 0 aromatic carbocycles. The standard InChI is InChI=1S/C13H16Cl2N4/c1-4-16-12-9(14)7-10(15)13(17-12)19-6-5-11(18-19)8(2)3/h5-8H,4H2,1-3H3,(H,16,17). The van der Waals surface area contributed by atoms with E-state index in [1.807, 2.05) is 19.2 Å². The number of hydrogen-bond donors (Lipinski definition) is 1. The Morgan fingerprint density at radius 2 is 2.05 bits per heavy atom. The van der Waals surface area contributed by atoms with Gasteiger partial charge in [0, 0.05) is 12.7 Å². The van der Waals surface area contributed by atoms with Gasteiger partial charge in [0.05, 0.1) is 15.7 Å². The lowest BCUT2D eigenvalue weighted by molar-refractivity contribution is 0.758. The highest BCUT2D eigenvalue weighted by atomic mass is 35.5. The summed E-state index contributed by atoms with van der Waals surface area (Å²) >= 11 is 12.3. The van der Waals surface area contributed by atoms with Crippen LogP contribution in [0.2, 0.25) is 10.0 Å². The summed E-state index contributed by atoms with van der Waals surface area (Å²) in [6.45, 7) is 6.91. The van der Waals surface area contributed by atoms with Gasteiger partial charge in [-0.15, -0.1) is 0 Å². The molecule has 2 aromatic rings. The maximum Gasteiger partial charge on any atom is 0.174 e. The average Bonchev–Trinajstić information content (AvgIpc) is 2.82. The molecule has 0 aliphatic carbocycles. The van der Waals surface area contributed by atoms with Crippen molar-refractivity contribution in [2.75, 3.05) is 11.9 Å². The summed E-state index contributed by atoms with van der Waals surface area (Å²) in [5, 5.41) is 8.55. The minimum Gasteiger partial charge on any atom is -0.369 e. The predicted octanol–water partition coefficient (Wildman–Crippen LogP) is 4.13. The Bertz CT molecular complexity index is 578. The van der Waals surface area contributed by atoms with Crippen molar-refractivity contribution >= 4 is 29.0 Å². The molecule has 0 bridgehead atoms. The van der Waals surface area contributed by atoms with Gasteiger partial charge < -0.3 is 5.32 Å². The molecule has 0 unspecified atom stereocenters. The van der Waals surface area contributed by atoms with Crippen molar-refractivity contribution < 1.29 is 0 Å². The third kappa shape index (κ3) is 3.01. The maximum absolute atomic E-state index is 6.19. The van der Waals surface area contributed by atoms with E-state index in [2.05, 4.69) is 29.2 Å². The molecule has 4 nitrogen and oxygen atoms in total. The normalized spacial score (nSPS) is 11.1. The zero-order valence-corrected chi connectivity index (χ0v) is 12.6. The molecule has 0 fully saturated rings. The molecule has 0 amide bonds. The van der Waals surface area contributed by atoms with E-state index in [4.69, 9.17) is 23.2 Å². The number of anilines is 1. The molecule has 0 radical (unpaired) electrons. The molecule has 0 saturated heterocycles. The fourth-order valence-electron chi connectivity index (χ4n) is 1.67. The van der Waals surface area contributed by atoms with Crippen molar-refractivity contribution in [1.29, 1.82) is 0 Å². The van der Waals surface area contributed by atoms with Gasteiger partial charge in [0.25, 0.3) is 0 Å². The molecular formula is C13H16Cl2N4. The summed E-state index contributed by atoms with van der Waals surface area (Å²) < 4.78 is 1.68. The van der Waals surface area contributed by atoms with Crippen molar-refractivity contribution in [1.82, 2.24) is 14.8 Å². The van der Waals surface area contributed by atoms with Gasteiger partial charge in [-0.2, -0.15) is 5.10 Å². The monoisotopic (exact) mass is 298 g/mol. The molecule has 2 heterocycles. The fraction of sp³-hybridized carbons (Fsp3) is 0.385. The van der Waals surface area contributed by atoms with Gasteiger partial charge in [-0.25, -0.2) is 9.67 Å². The molecule has 0 saturated carbocycles. The lowest BCUT2D eigenvalue weighted by Gasteiger charge is -2.09. The first-order chi connectivity index (χ1) is 9.02. The molecule has 0 atom stereocenters. The average molecular weight is 299 g/mol. The second-order valence-electron chi connectivity index (χ2n) is 4.49.